The average Bonchev–Trinajstić information content (AvgIpc) is 2.68. The first-order chi connectivity index (χ1) is 13.5. The van der Waals surface area contributed by atoms with E-state index in [0.717, 1.165) is 10.1 Å². The highest BCUT2D eigenvalue weighted by Crippen LogP contribution is 2.25. The van der Waals surface area contributed by atoms with Crippen molar-refractivity contribution in [3.8, 4) is 17.3 Å². The fourth-order valence-electron chi connectivity index (χ4n) is 2.87. The van der Waals surface area contributed by atoms with E-state index in [9.17, 15) is 14.7 Å². The molecule has 0 aliphatic rings. The maximum atomic E-state index is 12.4. The van der Waals surface area contributed by atoms with E-state index in [1.807, 2.05) is 37.3 Å². The van der Waals surface area contributed by atoms with Crippen molar-refractivity contribution >= 4 is 5.71 Å². The standard InChI is InChI=1S/C21H21N3O4/c1-3-28-17-12-8-7-11-16(17)24-20(26)18(19(25)23-21(24)27)14(2)22-13-15-9-5-4-6-10-15/h4-12,26H,3,13H2,1-2H3,(H,23,25,27). The number of hydrogen-bond donors (Lipinski definition) is 2. The SMILES string of the molecule is CCOc1ccccc1-n1c(O)c(C(C)=NCc2ccccc2)c(=O)[nH]c1=O. The van der Waals surface area contributed by atoms with Crippen LogP contribution in [0.15, 0.2) is 69.2 Å². The Hall–Kier alpha value is -3.61. The molecule has 28 heavy (non-hydrogen) atoms. The third-order valence-electron chi connectivity index (χ3n) is 4.20. The third kappa shape index (κ3) is 3.88. The van der Waals surface area contributed by atoms with Crippen molar-refractivity contribution in [1.29, 1.82) is 0 Å². The normalized spacial score (nSPS) is 11.4. The molecule has 0 saturated heterocycles. The summed E-state index contributed by atoms with van der Waals surface area (Å²) in [6.07, 6.45) is 0. The number of H-pyrrole nitrogens is 1. The summed E-state index contributed by atoms with van der Waals surface area (Å²) in [4.78, 5) is 31.4. The van der Waals surface area contributed by atoms with Crippen LogP contribution in [0.2, 0.25) is 0 Å². The minimum absolute atomic E-state index is 0.0539. The zero-order chi connectivity index (χ0) is 20.1. The molecular formula is C21H21N3O4. The summed E-state index contributed by atoms with van der Waals surface area (Å²) in [6, 6.07) is 16.3. The van der Waals surface area contributed by atoms with Crippen molar-refractivity contribution in [2.45, 2.75) is 20.4 Å². The minimum atomic E-state index is -0.755. The first kappa shape index (κ1) is 19.2. The first-order valence-corrected chi connectivity index (χ1v) is 8.88. The van der Waals surface area contributed by atoms with E-state index < -0.39 is 17.1 Å². The Morgan fingerprint density at radius 3 is 2.50 bits per heavy atom. The van der Waals surface area contributed by atoms with Gasteiger partial charge in [-0.05, 0) is 31.5 Å². The largest absolute Gasteiger partial charge is 0.493 e. The Labute approximate surface area is 161 Å². The van der Waals surface area contributed by atoms with Gasteiger partial charge in [0.15, 0.2) is 0 Å². The summed E-state index contributed by atoms with van der Waals surface area (Å²) < 4.78 is 6.56. The van der Waals surface area contributed by atoms with Crippen LogP contribution < -0.4 is 16.0 Å². The molecule has 0 aliphatic carbocycles. The molecule has 0 spiro atoms. The molecule has 144 valence electrons. The van der Waals surface area contributed by atoms with Gasteiger partial charge in [0.05, 0.1) is 24.6 Å². The van der Waals surface area contributed by atoms with Gasteiger partial charge in [-0.25, -0.2) is 9.36 Å². The van der Waals surface area contributed by atoms with Crippen molar-refractivity contribution < 1.29 is 9.84 Å². The van der Waals surface area contributed by atoms with E-state index >= 15 is 0 Å². The Kier molecular flexibility index (Phi) is 5.74. The van der Waals surface area contributed by atoms with Crippen molar-refractivity contribution in [1.82, 2.24) is 9.55 Å². The fraction of sp³-hybridized carbons (Fsp3) is 0.190. The molecule has 0 aliphatic heterocycles. The van der Waals surface area contributed by atoms with Crippen LogP contribution in [0.3, 0.4) is 0 Å². The molecule has 2 N–H and O–H groups in total. The maximum absolute atomic E-state index is 12.4. The lowest BCUT2D eigenvalue weighted by Gasteiger charge is -2.15. The molecule has 3 rings (SSSR count). The number of aromatic amines is 1. The molecule has 0 fully saturated rings. The number of hydrogen-bond acceptors (Lipinski definition) is 5. The van der Waals surface area contributed by atoms with E-state index in [2.05, 4.69) is 9.98 Å². The van der Waals surface area contributed by atoms with Gasteiger partial charge in [0.1, 0.15) is 11.3 Å². The van der Waals surface area contributed by atoms with Crippen LogP contribution in [-0.4, -0.2) is 27.0 Å². The number of para-hydroxylation sites is 2. The van der Waals surface area contributed by atoms with Gasteiger partial charge in [-0.1, -0.05) is 42.5 Å². The molecule has 1 aromatic heterocycles. The highest BCUT2D eigenvalue weighted by molar-refractivity contribution is 6.00. The Morgan fingerprint density at radius 2 is 1.79 bits per heavy atom. The molecule has 0 bridgehead atoms. The van der Waals surface area contributed by atoms with E-state index in [1.165, 1.54) is 0 Å². The van der Waals surface area contributed by atoms with Crippen LogP contribution in [0.4, 0.5) is 0 Å². The van der Waals surface area contributed by atoms with Crippen LogP contribution in [0.1, 0.15) is 25.0 Å². The quantitative estimate of drug-likeness (QED) is 0.644. The van der Waals surface area contributed by atoms with Crippen LogP contribution in [0, 0.1) is 0 Å². The van der Waals surface area contributed by atoms with Gasteiger partial charge in [0.2, 0.25) is 5.88 Å². The molecule has 0 radical (unpaired) electrons. The van der Waals surface area contributed by atoms with E-state index in [0.29, 0.717) is 30.3 Å². The second-order valence-electron chi connectivity index (χ2n) is 6.08. The molecule has 0 unspecified atom stereocenters. The number of nitrogens with one attached hydrogen (secondary N) is 1. The summed E-state index contributed by atoms with van der Waals surface area (Å²) >= 11 is 0. The monoisotopic (exact) mass is 379 g/mol. The van der Waals surface area contributed by atoms with E-state index in [1.54, 1.807) is 31.2 Å². The molecule has 7 heteroatoms. The molecule has 1 heterocycles. The Bertz CT molecular complexity index is 1110. The predicted molar refractivity (Wildman–Crippen MR) is 108 cm³/mol. The van der Waals surface area contributed by atoms with Gasteiger partial charge in [-0.15, -0.1) is 0 Å². The average molecular weight is 379 g/mol. The van der Waals surface area contributed by atoms with E-state index in [4.69, 9.17) is 4.74 Å². The van der Waals surface area contributed by atoms with Gasteiger partial charge in [0, 0.05) is 0 Å². The number of nitrogens with zero attached hydrogens (tertiary/aromatic N) is 2. The van der Waals surface area contributed by atoms with Crippen LogP contribution >= 0.6 is 0 Å². The molecule has 0 saturated carbocycles. The predicted octanol–water partition coefficient (Wildman–Crippen LogP) is 2.64. The van der Waals surface area contributed by atoms with Crippen molar-refractivity contribution in [2.75, 3.05) is 6.61 Å². The maximum Gasteiger partial charge on any atom is 0.335 e. The van der Waals surface area contributed by atoms with Gasteiger partial charge >= 0.3 is 5.69 Å². The number of aromatic hydroxyl groups is 1. The molecule has 0 amide bonds. The second-order valence-corrected chi connectivity index (χ2v) is 6.08. The molecule has 2 aromatic carbocycles. The minimum Gasteiger partial charge on any atom is -0.493 e. The van der Waals surface area contributed by atoms with E-state index in [-0.39, 0.29) is 5.56 Å². The zero-order valence-electron chi connectivity index (χ0n) is 15.7. The summed E-state index contributed by atoms with van der Waals surface area (Å²) in [6.45, 7) is 4.18. The molecular weight excluding hydrogens is 358 g/mol. The summed E-state index contributed by atoms with van der Waals surface area (Å²) in [5.41, 5.74) is 0.122. The number of ether oxygens (including phenoxy) is 1. The number of aromatic nitrogens is 2. The molecule has 3 aromatic rings. The zero-order valence-corrected chi connectivity index (χ0v) is 15.7. The smallest absolute Gasteiger partial charge is 0.335 e. The number of rotatable bonds is 6. The topological polar surface area (TPSA) is 96.7 Å². The van der Waals surface area contributed by atoms with Gasteiger partial charge in [-0.2, -0.15) is 0 Å². The van der Waals surface area contributed by atoms with Crippen molar-refractivity contribution in [3.05, 3.63) is 86.6 Å². The van der Waals surface area contributed by atoms with Gasteiger partial charge in [-0.3, -0.25) is 14.8 Å². The van der Waals surface area contributed by atoms with Gasteiger partial charge in [0.25, 0.3) is 5.56 Å². The Morgan fingerprint density at radius 1 is 1.11 bits per heavy atom. The van der Waals surface area contributed by atoms with Crippen molar-refractivity contribution in [2.24, 2.45) is 4.99 Å². The lowest BCUT2D eigenvalue weighted by Crippen LogP contribution is -2.33. The lowest BCUT2D eigenvalue weighted by molar-refractivity contribution is 0.336. The number of benzene rings is 2. The third-order valence-corrected chi connectivity index (χ3v) is 4.20. The summed E-state index contributed by atoms with van der Waals surface area (Å²) in [5, 5.41) is 10.8. The Balaban J connectivity index is 2.11. The number of aliphatic imine (C=N–C) groups is 1. The first-order valence-electron chi connectivity index (χ1n) is 8.88. The summed E-state index contributed by atoms with van der Waals surface area (Å²) in [5.74, 6) is -0.0607. The summed E-state index contributed by atoms with van der Waals surface area (Å²) in [7, 11) is 0. The van der Waals surface area contributed by atoms with Crippen molar-refractivity contribution in [3.63, 3.8) is 0 Å². The van der Waals surface area contributed by atoms with Gasteiger partial charge < -0.3 is 9.84 Å². The highest BCUT2D eigenvalue weighted by Gasteiger charge is 2.19. The lowest BCUT2D eigenvalue weighted by atomic mass is 10.2. The highest BCUT2D eigenvalue weighted by atomic mass is 16.5. The van der Waals surface area contributed by atoms with Crippen LogP contribution in [-0.2, 0) is 6.54 Å². The van der Waals surface area contributed by atoms with Crippen LogP contribution in [0.5, 0.6) is 11.6 Å². The fourth-order valence-corrected chi connectivity index (χ4v) is 2.87. The molecule has 0 atom stereocenters. The second kappa shape index (κ2) is 8.39. The van der Waals surface area contributed by atoms with Crippen LogP contribution in [0.25, 0.3) is 5.69 Å². The molecule has 7 nitrogen and oxygen atoms in total.